The summed E-state index contributed by atoms with van der Waals surface area (Å²) in [6, 6.07) is 11.2. The molecule has 3 atom stereocenters. The molecule has 0 bridgehead atoms. The van der Waals surface area contributed by atoms with Gasteiger partial charge in [0.2, 0.25) is 0 Å². The molecule has 1 saturated heterocycles. The molecule has 0 aromatic carbocycles. The maximum atomic E-state index is 4.46. The third kappa shape index (κ3) is 5.13. The first-order chi connectivity index (χ1) is 11.7. The Morgan fingerprint density at radius 1 is 1.33 bits per heavy atom. The zero-order chi connectivity index (χ0) is 16.8. The molecule has 3 nitrogen and oxygen atoms in total. The molecule has 0 aliphatic carbocycles. The fourth-order valence-corrected chi connectivity index (χ4v) is 4.47. The molecule has 3 heterocycles. The SMILES string of the molecule is C[C@H](CN[C@@H]1CCN(Cc2ccccn2)C[C@@H]1C)Cc1cccs1. The van der Waals surface area contributed by atoms with E-state index in [2.05, 4.69) is 58.7 Å². The zero-order valence-corrected chi connectivity index (χ0v) is 15.6. The number of piperidine rings is 1. The van der Waals surface area contributed by atoms with Crippen LogP contribution in [0.1, 0.15) is 30.8 Å². The fraction of sp³-hybridized carbons (Fsp3) is 0.550. The van der Waals surface area contributed by atoms with Gasteiger partial charge in [-0.1, -0.05) is 26.0 Å². The Balaban J connectivity index is 1.40. The molecule has 3 rings (SSSR count). The Kier molecular flexibility index (Phi) is 6.41. The topological polar surface area (TPSA) is 28.2 Å². The second kappa shape index (κ2) is 8.75. The predicted octanol–water partition coefficient (Wildman–Crippen LogP) is 3.82. The average molecular weight is 344 g/mol. The van der Waals surface area contributed by atoms with Crippen LogP contribution in [0.4, 0.5) is 0 Å². The summed E-state index contributed by atoms with van der Waals surface area (Å²) in [6.07, 6.45) is 4.32. The van der Waals surface area contributed by atoms with Gasteiger partial charge in [0, 0.05) is 36.8 Å². The van der Waals surface area contributed by atoms with Crippen LogP contribution in [0.3, 0.4) is 0 Å². The highest BCUT2D eigenvalue weighted by Gasteiger charge is 2.26. The molecule has 0 saturated carbocycles. The van der Waals surface area contributed by atoms with Crippen molar-refractivity contribution >= 4 is 11.3 Å². The van der Waals surface area contributed by atoms with Crippen molar-refractivity contribution in [2.75, 3.05) is 19.6 Å². The molecule has 0 amide bonds. The number of pyridine rings is 1. The van der Waals surface area contributed by atoms with Crippen molar-refractivity contribution in [2.24, 2.45) is 11.8 Å². The monoisotopic (exact) mass is 343 g/mol. The number of likely N-dealkylation sites (tertiary alicyclic amines) is 1. The highest BCUT2D eigenvalue weighted by molar-refractivity contribution is 7.09. The molecule has 0 radical (unpaired) electrons. The summed E-state index contributed by atoms with van der Waals surface area (Å²) in [4.78, 5) is 8.50. The first kappa shape index (κ1) is 17.6. The van der Waals surface area contributed by atoms with Crippen molar-refractivity contribution < 1.29 is 0 Å². The smallest absolute Gasteiger partial charge is 0.0543 e. The summed E-state index contributed by atoms with van der Waals surface area (Å²) in [7, 11) is 0. The Bertz CT molecular complexity index is 584. The molecule has 0 spiro atoms. The minimum Gasteiger partial charge on any atom is -0.313 e. The van der Waals surface area contributed by atoms with Crippen LogP contribution in [0.5, 0.6) is 0 Å². The number of nitrogens with zero attached hydrogens (tertiary/aromatic N) is 2. The number of aromatic nitrogens is 1. The van der Waals surface area contributed by atoms with E-state index in [1.54, 1.807) is 0 Å². The summed E-state index contributed by atoms with van der Waals surface area (Å²) in [6.45, 7) is 9.16. The Morgan fingerprint density at radius 3 is 2.96 bits per heavy atom. The maximum Gasteiger partial charge on any atom is 0.0543 e. The fourth-order valence-electron chi connectivity index (χ4n) is 3.60. The third-order valence-electron chi connectivity index (χ3n) is 4.96. The van der Waals surface area contributed by atoms with Gasteiger partial charge in [-0.3, -0.25) is 9.88 Å². The van der Waals surface area contributed by atoms with Crippen LogP contribution < -0.4 is 5.32 Å². The van der Waals surface area contributed by atoms with Gasteiger partial charge in [0.15, 0.2) is 0 Å². The van der Waals surface area contributed by atoms with Crippen molar-refractivity contribution in [3.05, 3.63) is 52.5 Å². The summed E-state index contributed by atoms with van der Waals surface area (Å²) in [5.41, 5.74) is 1.18. The highest BCUT2D eigenvalue weighted by Crippen LogP contribution is 2.19. The number of hydrogen-bond donors (Lipinski definition) is 1. The molecule has 24 heavy (non-hydrogen) atoms. The summed E-state index contributed by atoms with van der Waals surface area (Å²) < 4.78 is 0. The second-order valence-corrected chi connectivity index (χ2v) is 8.26. The summed E-state index contributed by atoms with van der Waals surface area (Å²) >= 11 is 1.87. The molecule has 1 aliphatic heterocycles. The van der Waals surface area contributed by atoms with E-state index in [1.165, 1.54) is 23.4 Å². The van der Waals surface area contributed by atoms with Crippen molar-refractivity contribution in [3.8, 4) is 0 Å². The Labute approximate surface area is 150 Å². The van der Waals surface area contributed by atoms with Crippen LogP contribution in [0, 0.1) is 11.8 Å². The lowest BCUT2D eigenvalue weighted by molar-refractivity contribution is 0.137. The Hall–Kier alpha value is -1.23. The molecule has 1 N–H and O–H groups in total. The van der Waals surface area contributed by atoms with Crippen LogP contribution in [-0.2, 0) is 13.0 Å². The van der Waals surface area contributed by atoms with Gasteiger partial charge in [0.1, 0.15) is 0 Å². The van der Waals surface area contributed by atoms with Gasteiger partial charge in [-0.25, -0.2) is 0 Å². The number of rotatable bonds is 7. The minimum atomic E-state index is 0.649. The van der Waals surface area contributed by atoms with Crippen LogP contribution in [0.15, 0.2) is 41.9 Å². The molecule has 2 aromatic rings. The molecule has 1 aliphatic rings. The van der Waals surface area contributed by atoms with E-state index in [-0.39, 0.29) is 0 Å². The van der Waals surface area contributed by atoms with E-state index >= 15 is 0 Å². The molecular formula is C20H29N3S. The summed E-state index contributed by atoms with van der Waals surface area (Å²) in [5, 5.41) is 6.01. The highest BCUT2D eigenvalue weighted by atomic mass is 32.1. The first-order valence-electron chi connectivity index (χ1n) is 9.08. The van der Waals surface area contributed by atoms with E-state index in [9.17, 15) is 0 Å². The number of thiophene rings is 1. The van der Waals surface area contributed by atoms with Crippen LogP contribution in [-0.4, -0.2) is 35.6 Å². The third-order valence-corrected chi connectivity index (χ3v) is 5.86. The number of nitrogens with one attached hydrogen (secondary N) is 1. The maximum absolute atomic E-state index is 4.46. The van der Waals surface area contributed by atoms with Gasteiger partial charge >= 0.3 is 0 Å². The van der Waals surface area contributed by atoms with E-state index in [1.807, 2.05) is 23.6 Å². The zero-order valence-electron chi connectivity index (χ0n) is 14.8. The predicted molar refractivity (Wildman–Crippen MR) is 102 cm³/mol. The standard InChI is InChI=1S/C20H29N3S/c1-16(12-19-7-5-11-24-19)13-22-20-8-10-23(14-17(20)2)15-18-6-3-4-9-21-18/h3-7,9,11,16-17,20,22H,8,10,12-15H2,1-2H3/t16-,17-,20+/m0/s1. The number of hydrogen-bond acceptors (Lipinski definition) is 4. The molecule has 1 fully saturated rings. The lowest BCUT2D eigenvalue weighted by Crippen LogP contribution is -2.49. The lowest BCUT2D eigenvalue weighted by Gasteiger charge is -2.37. The van der Waals surface area contributed by atoms with Crippen molar-refractivity contribution in [2.45, 2.75) is 39.3 Å². The average Bonchev–Trinajstić information content (AvgIpc) is 3.08. The Morgan fingerprint density at radius 2 is 2.25 bits per heavy atom. The first-order valence-corrected chi connectivity index (χ1v) is 9.96. The van der Waals surface area contributed by atoms with Gasteiger partial charge in [0.25, 0.3) is 0 Å². The second-order valence-electron chi connectivity index (χ2n) is 7.23. The minimum absolute atomic E-state index is 0.649. The molecule has 0 unspecified atom stereocenters. The van der Waals surface area contributed by atoms with Gasteiger partial charge in [-0.2, -0.15) is 0 Å². The largest absolute Gasteiger partial charge is 0.313 e. The lowest BCUT2D eigenvalue weighted by atomic mass is 9.93. The van der Waals surface area contributed by atoms with E-state index in [0.717, 1.165) is 26.2 Å². The van der Waals surface area contributed by atoms with E-state index in [4.69, 9.17) is 0 Å². The van der Waals surface area contributed by atoms with E-state index < -0.39 is 0 Å². The van der Waals surface area contributed by atoms with Crippen LogP contribution in [0.25, 0.3) is 0 Å². The van der Waals surface area contributed by atoms with Gasteiger partial charge in [-0.05, 0) is 54.8 Å². The molecule has 4 heteroatoms. The van der Waals surface area contributed by atoms with Crippen molar-refractivity contribution in [3.63, 3.8) is 0 Å². The molecule has 2 aromatic heterocycles. The van der Waals surface area contributed by atoms with Crippen LogP contribution in [0.2, 0.25) is 0 Å². The quantitative estimate of drug-likeness (QED) is 0.828. The van der Waals surface area contributed by atoms with Crippen molar-refractivity contribution in [1.82, 2.24) is 15.2 Å². The molecule has 130 valence electrons. The van der Waals surface area contributed by atoms with Crippen LogP contribution >= 0.6 is 11.3 Å². The van der Waals surface area contributed by atoms with Gasteiger partial charge in [-0.15, -0.1) is 11.3 Å². The van der Waals surface area contributed by atoms with Crippen molar-refractivity contribution in [1.29, 1.82) is 0 Å². The summed E-state index contributed by atoms with van der Waals surface area (Å²) in [5.74, 6) is 1.39. The molecular weight excluding hydrogens is 314 g/mol. The van der Waals surface area contributed by atoms with Gasteiger partial charge in [0.05, 0.1) is 5.69 Å². The van der Waals surface area contributed by atoms with Gasteiger partial charge < -0.3 is 5.32 Å². The van der Waals surface area contributed by atoms with E-state index in [0.29, 0.717) is 17.9 Å². The normalized spacial score (nSPS) is 23.2.